The van der Waals surface area contributed by atoms with Gasteiger partial charge in [0, 0.05) is 37.9 Å². The molecule has 5 heterocycles. The molecule has 2 amide bonds. The molecule has 14 nitrogen and oxygen atoms in total. The van der Waals surface area contributed by atoms with E-state index in [1.54, 1.807) is 6.20 Å². The van der Waals surface area contributed by atoms with Gasteiger partial charge in [0.1, 0.15) is 23.4 Å². The van der Waals surface area contributed by atoms with Crippen LogP contribution < -0.4 is 20.3 Å². The van der Waals surface area contributed by atoms with Crippen LogP contribution >= 0.6 is 0 Å². The Morgan fingerprint density at radius 2 is 1.85 bits per heavy atom. The van der Waals surface area contributed by atoms with Crippen molar-refractivity contribution in [1.82, 2.24) is 35.0 Å². The lowest BCUT2D eigenvalue weighted by atomic mass is 9.85. The Balaban J connectivity index is 1.00. The van der Waals surface area contributed by atoms with Crippen LogP contribution in [0, 0.1) is 10.8 Å². The summed E-state index contributed by atoms with van der Waals surface area (Å²) < 4.78 is 22.0. The number of rotatable bonds is 12. The van der Waals surface area contributed by atoms with E-state index in [4.69, 9.17) is 24.6 Å². The standard InChI is InChI=1S/C41H56N10O4/c1-28-12-7-9-21-50(28)40-48-47-37-19-16-30(27-51(37)40)55-34-18-17-33(31-13-5-6-14-32(31)34)45-39(52)46-36(24-35(42)41(2,3)4)44-29-25-43-49(26-29)20-11-23-54-38-15-8-10-22-53-38/h5-6,13-14,16,19,25-28,33-34,38,42H,7-12,15,17-18,20-24H2,1-4H3,(H2,44,45,46,52). The fraction of sp³-hybridized carbons (Fsp3) is 0.561. The van der Waals surface area contributed by atoms with Crippen molar-refractivity contribution >= 4 is 34.9 Å². The predicted molar refractivity (Wildman–Crippen MR) is 212 cm³/mol. The molecule has 4 atom stereocenters. The molecule has 2 saturated heterocycles. The van der Waals surface area contributed by atoms with Crippen LogP contribution in [-0.4, -0.2) is 74.0 Å². The maximum absolute atomic E-state index is 13.7. The average Bonchev–Trinajstić information content (AvgIpc) is 3.81. The molecule has 0 bridgehead atoms. The van der Waals surface area contributed by atoms with Crippen LogP contribution in [0.4, 0.5) is 16.4 Å². The maximum Gasteiger partial charge on any atom is 0.320 e. The first-order valence-electron chi connectivity index (χ1n) is 20.0. The molecule has 55 heavy (non-hydrogen) atoms. The van der Waals surface area contributed by atoms with E-state index < -0.39 is 0 Å². The van der Waals surface area contributed by atoms with Gasteiger partial charge < -0.3 is 29.8 Å². The monoisotopic (exact) mass is 752 g/mol. The van der Waals surface area contributed by atoms with Gasteiger partial charge in [-0.1, -0.05) is 45.0 Å². The van der Waals surface area contributed by atoms with Crippen LogP contribution in [0.3, 0.4) is 0 Å². The minimum Gasteiger partial charge on any atom is -0.484 e. The third kappa shape index (κ3) is 9.71. The van der Waals surface area contributed by atoms with Crippen molar-refractivity contribution < 1.29 is 19.0 Å². The second-order valence-corrected chi connectivity index (χ2v) is 16.0. The van der Waals surface area contributed by atoms with Gasteiger partial charge in [-0.2, -0.15) is 5.10 Å². The number of urea groups is 1. The van der Waals surface area contributed by atoms with Gasteiger partial charge in [0.25, 0.3) is 0 Å². The number of ether oxygens (including phenoxy) is 3. The summed E-state index contributed by atoms with van der Waals surface area (Å²) in [6.45, 7) is 11.2. The Bertz CT molecular complexity index is 1960. The molecule has 294 valence electrons. The number of nitrogens with zero attached hydrogens (tertiary/aromatic N) is 7. The quantitative estimate of drug-likeness (QED) is 0.0756. The number of nitrogens with one attached hydrogen (secondary N) is 3. The molecular formula is C41H56N10O4. The fourth-order valence-corrected chi connectivity index (χ4v) is 7.55. The molecule has 2 aliphatic heterocycles. The topological polar surface area (TPSA) is 156 Å². The van der Waals surface area contributed by atoms with Crippen molar-refractivity contribution in [1.29, 1.82) is 5.41 Å². The number of carbonyl (C=O) groups excluding carboxylic acids is 1. The molecule has 2 fully saturated rings. The molecule has 3 aromatic heterocycles. The number of carbonyl (C=O) groups is 1. The first-order chi connectivity index (χ1) is 26.6. The number of piperidine rings is 1. The van der Waals surface area contributed by atoms with Crippen LogP contribution in [0.1, 0.15) is 115 Å². The van der Waals surface area contributed by atoms with E-state index in [-0.39, 0.29) is 36.3 Å². The van der Waals surface area contributed by atoms with Gasteiger partial charge in [0.2, 0.25) is 5.95 Å². The van der Waals surface area contributed by atoms with Crippen molar-refractivity contribution in [3.05, 3.63) is 66.1 Å². The lowest BCUT2D eigenvalue weighted by molar-refractivity contribution is -0.163. The summed E-state index contributed by atoms with van der Waals surface area (Å²) in [4.78, 5) is 20.8. The van der Waals surface area contributed by atoms with Crippen LogP contribution in [0.5, 0.6) is 5.75 Å². The predicted octanol–water partition coefficient (Wildman–Crippen LogP) is 7.68. The molecule has 14 heteroatoms. The molecule has 4 aromatic rings. The zero-order valence-corrected chi connectivity index (χ0v) is 32.7. The van der Waals surface area contributed by atoms with Gasteiger partial charge >= 0.3 is 6.03 Å². The molecular weight excluding hydrogens is 697 g/mol. The van der Waals surface area contributed by atoms with Gasteiger partial charge in [0.05, 0.1) is 31.2 Å². The van der Waals surface area contributed by atoms with E-state index in [0.29, 0.717) is 49.3 Å². The number of hydrogen-bond donors (Lipinski definition) is 3. The van der Waals surface area contributed by atoms with Gasteiger partial charge in [-0.15, -0.1) is 10.2 Å². The van der Waals surface area contributed by atoms with Crippen LogP contribution in [0.25, 0.3) is 5.65 Å². The second kappa shape index (κ2) is 17.3. The summed E-state index contributed by atoms with van der Waals surface area (Å²) in [7, 11) is 0. The zero-order valence-electron chi connectivity index (χ0n) is 32.7. The minimum atomic E-state index is -0.380. The highest BCUT2D eigenvalue weighted by Crippen LogP contribution is 2.39. The molecule has 0 radical (unpaired) electrons. The highest BCUT2D eigenvalue weighted by atomic mass is 16.7. The highest BCUT2D eigenvalue weighted by molar-refractivity contribution is 6.09. The van der Waals surface area contributed by atoms with Crippen LogP contribution in [0.15, 0.2) is 60.0 Å². The normalized spacial score (nSPS) is 22.0. The summed E-state index contributed by atoms with van der Waals surface area (Å²) in [5.41, 5.74) is 3.54. The van der Waals surface area contributed by atoms with E-state index >= 15 is 0 Å². The Kier molecular flexibility index (Phi) is 12.1. The van der Waals surface area contributed by atoms with Gasteiger partial charge in [0.15, 0.2) is 11.9 Å². The number of hydrogen-bond acceptors (Lipinski definition) is 10. The van der Waals surface area contributed by atoms with Crippen LogP contribution in [-0.2, 0) is 16.0 Å². The first-order valence-corrected chi connectivity index (χ1v) is 20.0. The lowest BCUT2D eigenvalue weighted by Crippen LogP contribution is -2.43. The number of pyridine rings is 1. The molecule has 4 unspecified atom stereocenters. The molecule has 3 N–H and O–H groups in total. The molecule has 7 rings (SSSR count). The van der Waals surface area contributed by atoms with E-state index in [9.17, 15) is 4.79 Å². The van der Waals surface area contributed by atoms with Gasteiger partial charge in [-0.25, -0.2) is 9.79 Å². The van der Waals surface area contributed by atoms with Crippen molar-refractivity contribution in [3.63, 3.8) is 0 Å². The van der Waals surface area contributed by atoms with E-state index in [0.717, 1.165) is 80.1 Å². The number of benzene rings is 1. The molecule has 1 aliphatic carbocycles. The Morgan fingerprint density at radius 3 is 2.65 bits per heavy atom. The molecule has 1 aromatic carbocycles. The summed E-state index contributed by atoms with van der Waals surface area (Å²) in [5.74, 6) is 1.99. The number of aromatic nitrogens is 5. The smallest absolute Gasteiger partial charge is 0.320 e. The van der Waals surface area contributed by atoms with Crippen molar-refractivity contribution in [2.75, 3.05) is 24.7 Å². The fourth-order valence-electron chi connectivity index (χ4n) is 7.55. The number of amidine groups is 1. The Labute approximate surface area is 323 Å². The second-order valence-electron chi connectivity index (χ2n) is 16.0. The Morgan fingerprint density at radius 1 is 1.02 bits per heavy atom. The number of anilines is 1. The summed E-state index contributed by atoms with van der Waals surface area (Å²) in [6, 6.07) is 11.9. The first kappa shape index (κ1) is 38.5. The Hall–Kier alpha value is -4.82. The van der Waals surface area contributed by atoms with Crippen molar-refractivity contribution in [2.45, 2.75) is 123 Å². The molecule has 0 saturated carbocycles. The largest absolute Gasteiger partial charge is 0.484 e. The average molecular weight is 753 g/mol. The lowest BCUT2D eigenvalue weighted by Gasteiger charge is -2.33. The number of fused-ring (bicyclic) bond motifs is 2. The number of aryl methyl sites for hydroxylation is 1. The number of amides is 2. The van der Waals surface area contributed by atoms with E-state index in [2.05, 4.69) is 49.9 Å². The van der Waals surface area contributed by atoms with Gasteiger partial charge in [-0.3, -0.25) is 14.4 Å². The summed E-state index contributed by atoms with van der Waals surface area (Å²) >= 11 is 0. The summed E-state index contributed by atoms with van der Waals surface area (Å²) in [6.07, 6.45) is 14.3. The van der Waals surface area contributed by atoms with Crippen molar-refractivity contribution in [3.8, 4) is 5.75 Å². The number of aliphatic imine (C=N–C) groups is 1. The highest BCUT2D eigenvalue weighted by Gasteiger charge is 2.31. The molecule has 0 spiro atoms. The molecule has 3 aliphatic rings. The zero-order chi connectivity index (χ0) is 38.4. The summed E-state index contributed by atoms with van der Waals surface area (Å²) in [5, 5.41) is 28.3. The third-order valence-corrected chi connectivity index (χ3v) is 10.8. The van der Waals surface area contributed by atoms with Crippen molar-refractivity contribution in [2.24, 2.45) is 10.4 Å². The maximum atomic E-state index is 13.7. The van der Waals surface area contributed by atoms with E-state index in [1.165, 1.54) is 6.42 Å². The van der Waals surface area contributed by atoms with Crippen LogP contribution in [0.2, 0.25) is 0 Å². The minimum absolute atomic E-state index is 0.106. The van der Waals surface area contributed by atoms with Gasteiger partial charge in [-0.05, 0) is 93.4 Å². The third-order valence-electron chi connectivity index (χ3n) is 10.8. The van der Waals surface area contributed by atoms with E-state index in [1.807, 2.05) is 66.5 Å². The SMILES string of the molecule is CC1CCCCN1c1nnc2ccc(OC3CCC(NC(=O)NC(CC(=N)C(C)(C)C)=Nc4cnn(CCCOC5CCCCO5)c4)c4ccccc43)cn12.